The van der Waals surface area contributed by atoms with Gasteiger partial charge >= 0.3 is 17.1 Å². The van der Waals surface area contributed by atoms with Crippen LogP contribution in [-0.4, -0.2) is 82.2 Å². The van der Waals surface area contributed by atoms with Crippen molar-refractivity contribution >= 4 is 57.4 Å². The lowest BCUT2D eigenvalue weighted by atomic mass is 10.1. The highest BCUT2D eigenvalue weighted by Crippen LogP contribution is 2.49. The Kier molecular flexibility index (Phi) is 10.2. The fourth-order valence-electron chi connectivity index (χ4n) is 6.92. The Hall–Kier alpha value is -3.39. The molecule has 16 heteroatoms. The Morgan fingerprint density at radius 1 is 0.959 bits per heavy atom. The van der Waals surface area contributed by atoms with Gasteiger partial charge in [-0.25, -0.2) is 19.9 Å². The molecule has 0 aliphatic carbocycles. The first-order valence-corrected chi connectivity index (χ1v) is 21.1. The van der Waals surface area contributed by atoms with Gasteiger partial charge < -0.3 is 27.8 Å². The molecule has 5 heterocycles. The summed E-state index contributed by atoms with van der Waals surface area (Å²) in [7, 11) is -5.86. The van der Waals surface area contributed by atoms with Crippen LogP contribution in [0.2, 0.25) is 22.2 Å². The maximum absolute atomic E-state index is 13.1. The van der Waals surface area contributed by atoms with Gasteiger partial charge in [0.15, 0.2) is 29.3 Å². The lowest BCUT2D eigenvalue weighted by Gasteiger charge is -2.51. The zero-order valence-corrected chi connectivity index (χ0v) is 32.0. The summed E-state index contributed by atoms with van der Waals surface area (Å²) >= 11 is 5.77. The minimum absolute atomic E-state index is 0.0946. The van der Waals surface area contributed by atoms with E-state index < -0.39 is 41.7 Å². The monoisotopic (exact) mass is 723 g/mol. The molecule has 2 aliphatic heterocycles. The first-order chi connectivity index (χ1) is 23.4. The number of benzene rings is 1. The molecule has 2 saturated heterocycles. The number of thiocarbonyl (C=S) groups is 1. The SMILES string of the molecule is CC(C)[Si]1(C(C)C)OC[C@H]2O[C@@H](n3cnc4c(NC(=O)c5ccccc5)ncnc43)C(OC(=S)n3ccnc3)[C@H]2O[Si](C(C)C)(C(C)C)O1. The third kappa shape index (κ3) is 6.50. The molecular formula is C33H45N7O6SSi2. The second-order valence-corrected chi connectivity index (χ2v) is 23.0. The van der Waals surface area contributed by atoms with Gasteiger partial charge in [0.25, 0.3) is 11.1 Å². The molecule has 49 heavy (non-hydrogen) atoms. The van der Waals surface area contributed by atoms with E-state index in [0.29, 0.717) is 16.7 Å². The molecule has 2 aliphatic rings. The van der Waals surface area contributed by atoms with Crippen LogP contribution in [0.4, 0.5) is 5.82 Å². The summed E-state index contributed by atoms with van der Waals surface area (Å²) in [5.41, 5.74) is 1.88. The smallest absolute Gasteiger partial charge is 0.335 e. The number of imidazole rings is 2. The van der Waals surface area contributed by atoms with E-state index in [2.05, 4.69) is 80.6 Å². The number of aromatic nitrogens is 6. The van der Waals surface area contributed by atoms with Gasteiger partial charge in [0.2, 0.25) is 0 Å². The Labute approximate surface area is 294 Å². The number of amides is 1. The number of nitrogens with zero attached hydrogens (tertiary/aromatic N) is 6. The van der Waals surface area contributed by atoms with Crippen molar-refractivity contribution in [3.05, 3.63) is 67.3 Å². The van der Waals surface area contributed by atoms with Gasteiger partial charge in [-0.05, 0) is 46.5 Å². The number of carbonyl (C=O) groups excluding carboxylic acids is 1. The second-order valence-electron chi connectivity index (χ2n) is 13.8. The van der Waals surface area contributed by atoms with Gasteiger partial charge in [0, 0.05) is 18.0 Å². The van der Waals surface area contributed by atoms with Crippen LogP contribution in [0.15, 0.2) is 61.7 Å². The van der Waals surface area contributed by atoms with Crippen LogP contribution < -0.4 is 5.32 Å². The Balaban J connectivity index is 1.43. The fourth-order valence-corrected chi connectivity index (χ4v) is 18.3. The summed E-state index contributed by atoms with van der Waals surface area (Å²) in [6.45, 7) is 17.7. The van der Waals surface area contributed by atoms with E-state index in [9.17, 15) is 4.79 Å². The molecule has 1 N–H and O–H groups in total. The van der Waals surface area contributed by atoms with Crippen molar-refractivity contribution in [3.8, 4) is 0 Å². The largest absolute Gasteiger partial charge is 0.459 e. The van der Waals surface area contributed by atoms with Crippen molar-refractivity contribution in [1.29, 1.82) is 0 Å². The molecule has 262 valence electrons. The van der Waals surface area contributed by atoms with E-state index in [1.54, 1.807) is 58.4 Å². The van der Waals surface area contributed by atoms with E-state index in [4.69, 9.17) is 34.7 Å². The van der Waals surface area contributed by atoms with Crippen molar-refractivity contribution in [2.75, 3.05) is 11.9 Å². The predicted molar refractivity (Wildman–Crippen MR) is 193 cm³/mol. The van der Waals surface area contributed by atoms with Gasteiger partial charge in [-0.15, -0.1) is 0 Å². The van der Waals surface area contributed by atoms with Gasteiger partial charge in [-0.1, -0.05) is 73.6 Å². The molecule has 1 amide bonds. The molecule has 13 nitrogen and oxygen atoms in total. The topological polar surface area (TPSA) is 137 Å². The molecule has 0 saturated carbocycles. The average molecular weight is 724 g/mol. The summed E-state index contributed by atoms with van der Waals surface area (Å²) < 4.78 is 38.7. The highest BCUT2D eigenvalue weighted by Gasteiger charge is 2.62. The minimum atomic E-state index is -3.04. The normalized spacial score (nSPS) is 23.5. The summed E-state index contributed by atoms with van der Waals surface area (Å²) in [6, 6.07) is 8.92. The summed E-state index contributed by atoms with van der Waals surface area (Å²) in [6.07, 6.45) is 5.30. The maximum Gasteiger partial charge on any atom is 0.335 e. The van der Waals surface area contributed by atoms with Gasteiger partial charge in [0.1, 0.15) is 24.9 Å². The van der Waals surface area contributed by atoms with Crippen molar-refractivity contribution in [2.24, 2.45) is 0 Å². The summed E-state index contributed by atoms with van der Waals surface area (Å²) in [5.74, 6) is -0.0356. The van der Waals surface area contributed by atoms with Crippen LogP contribution in [0, 0.1) is 0 Å². The van der Waals surface area contributed by atoms with Crippen molar-refractivity contribution in [2.45, 2.75) is 102 Å². The standard InChI is InChI=1S/C33H45N7O6SSi2/c1-20(2)48(21(3)4)42-16-25-27(45-49(46-48,22(5)6)23(7)8)28(44-33(47)39-15-14-34-18-39)32(43-25)40-19-37-26-29(35-17-36-30(26)40)38-31(41)24-12-10-9-11-13-24/h9-15,17-23,25,27-28,32H,16H2,1-8H3,(H,35,36,38,41)/t25-,27+,28?,32-/m1/s1. The van der Waals surface area contributed by atoms with E-state index in [1.165, 1.54) is 6.33 Å². The number of hydrogen-bond donors (Lipinski definition) is 1. The predicted octanol–water partition coefficient (Wildman–Crippen LogP) is 6.35. The number of carbonyl (C=O) groups is 1. The fraction of sp³-hybridized carbons (Fsp3) is 0.515. The van der Waals surface area contributed by atoms with Gasteiger partial charge in [-0.3, -0.25) is 13.9 Å². The number of hydrogen-bond acceptors (Lipinski definition) is 11. The summed E-state index contributed by atoms with van der Waals surface area (Å²) in [5, 5.41) is 3.07. The first kappa shape index (κ1) is 35.4. The molecule has 6 rings (SSSR count). The Morgan fingerprint density at radius 3 is 2.29 bits per heavy atom. The third-order valence-corrected chi connectivity index (χ3v) is 20.0. The zero-order chi connectivity index (χ0) is 35.1. The van der Waals surface area contributed by atoms with E-state index >= 15 is 0 Å². The Morgan fingerprint density at radius 2 is 1.65 bits per heavy atom. The van der Waals surface area contributed by atoms with Crippen molar-refractivity contribution < 1.29 is 27.2 Å². The quantitative estimate of drug-likeness (QED) is 0.161. The summed E-state index contributed by atoms with van der Waals surface area (Å²) in [4.78, 5) is 30.8. The molecule has 0 radical (unpaired) electrons. The highest BCUT2D eigenvalue weighted by atomic mass is 32.1. The van der Waals surface area contributed by atoms with Crippen molar-refractivity contribution in [1.82, 2.24) is 29.1 Å². The average Bonchev–Trinajstić information content (AvgIpc) is 3.81. The molecule has 0 bridgehead atoms. The van der Waals surface area contributed by atoms with E-state index in [1.807, 2.05) is 6.07 Å². The molecule has 1 unspecified atom stereocenters. The highest BCUT2D eigenvalue weighted by molar-refractivity contribution is 7.80. The lowest BCUT2D eigenvalue weighted by molar-refractivity contribution is -0.0565. The molecule has 1 aromatic carbocycles. The maximum atomic E-state index is 13.1. The van der Waals surface area contributed by atoms with Crippen LogP contribution in [-0.2, 0) is 22.4 Å². The molecule has 0 spiro atoms. The van der Waals surface area contributed by atoms with Gasteiger partial charge in [-0.2, -0.15) is 0 Å². The first-order valence-electron chi connectivity index (χ1n) is 16.8. The molecule has 4 aromatic rings. The molecule has 2 fully saturated rings. The second kappa shape index (κ2) is 14.1. The number of anilines is 1. The van der Waals surface area contributed by atoms with E-state index in [-0.39, 0.29) is 45.7 Å². The zero-order valence-electron chi connectivity index (χ0n) is 29.1. The minimum Gasteiger partial charge on any atom is -0.459 e. The van der Waals surface area contributed by atoms with Crippen LogP contribution in [0.25, 0.3) is 11.2 Å². The van der Waals surface area contributed by atoms with Crippen LogP contribution in [0.3, 0.4) is 0 Å². The molecule has 4 atom stereocenters. The van der Waals surface area contributed by atoms with Gasteiger partial charge in [0.05, 0.1) is 12.9 Å². The third-order valence-electron chi connectivity index (χ3n) is 9.47. The molecule has 3 aromatic heterocycles. The number of rotatable bonds is 8. The lowest BCUT2D eigenvalue weighted by Crippen LogP contribution is -2.66. The number of ether oxygens (including phenoxy) is 2. The number of fused-ring (bicyclic) bond motifs is 2. The number of nitrogens with one attached hydrogen (secondary N) is 1. The van der Waals surface area contributed by atoms with E-state index in [0.717, 1.165) is 0 Å². The van der Waals surface area contributed by atoms with Crippen molar-refractivity contribution in [3.63, 3.8) is 0 Å². The molecular weight excluding hydrogens is 679 g/mol. The Bertz CT molecular complexity index is 1760. The van der Waals surface area contributed by atoms with Crippen LogP contribution >= 0.6 is 12.2 Å². The van der Waals surface area contributed by atoms with Crippen LogP contribution in [0.5, 0.6) is 0 Å². The van der Waals surface area contributed by atoms with Crippen LogP contribution in [0.1, 0.15) is 72.0 Å².